The Kier molecular flexibility index (Phi) is 6.22. The number of methoxy groups -OCH3 is 1. The van der Waals surface area contributed by atoms with Crippen LogP contribution >= 0.6 is 0 Å². The van der Waals surface area contributed by atoms with Crippen molar-refractivity contribution in [3.63, 3.8) is 0 Å². The van der Waals surface area contributed by atoms with Gasteiger partial charge < -0.3 is 14.8 Å². The molecule has 0 aliphatic rings. The molecule has 0 bridgehead atoms. The molecule has 0 saturated heterocycles. The Hall–Kier alpha value is -1.55. The van der Waals surface area contributed by atoms with E-state index < -0.39 is 0 Å². The molecule has 0 heterocycles. The minimum Gasteiger partial charge on any atom is -0.494 e. The highest BCUT2D eigenvalue weighted by atomic mass is 16.5. The van der Waals surface area contributed by atoms with Crippen LogP contribution in [0, 0.1) is 0 Å². The SMILES string of the molecule is CCOc1ccc(C(=O)NC(CC)COC)cc1. The summed E-state index contributed by atoms with van der Waals surface area (Å²) in [6, 6.07) is 7.18. The number of hydrogen-bond acceptors (Lipinski definition) is 3. The van der Waals surface area contributed by atoms with Crippen LogP contribution in [-0.4, -0.2) is 32.3 Å². The number of carbonyl (C=O) groups excluding carboxylic acids is 1. The van der Waals surface area contributed by atoms with E-state index in [1.165, 1.54) is 0 Å². The Labute approximate surface area is 108 Å². The van der Waals surface area contributed by atoms with Gasteiger partial charge >= 0.3 is 0 Å². The van der Waals surface area contributed by atoms with Crippen molar-refractivity contribution in [1.29, 1.82) is 0 Å². The molecule has 18 heavy (non-hydrogen) atoms. The lowest BCUT2D eigenvalue weighted by Gasteiger charge is -2.16. The predicted molar refractivity (Wildman–Crippen MR) is 71.0 cm³/mol. The zero-order valence-corrected chi connectivity index (χ0v) is 11.2. The second-order valence-electron chi connectivity index (χ2n) is 3.99. The Morgan fingerprint density at radius 3 is 2.44 bits per heavy atom. The van der Waals surface area contributed by atoms with E-state index in [0.29, 0.717) is 18.8 Å². The molecule has 0 aromatic heterocycles. The van der Waals surface area contributed by atoms with E-state index in [0.717, 1.165) is 12.2 Å². The van der Waals surface area contributed by atoms with Crippen molar-refractivity contribution in [3.05, 3.63) is 29.8 Å². The Morgan fingerprint density at radius 1 is 1.28 bits per heavy atom. The van der Waals surface area contributed by atoms with Gasteiger partial charge in [-0.1, -0.05) is 6.92 Å². The molecule has 100 valence electrons. The summed E-state index contributed by atoms with van der Waals surface area (Å²) in [6.07, 6.45) is 0.844. The standard InChI is InChI=1S/C14H21NO3/c1-4-12(10-17-3)15-14(16)11-6-8-13(9-7-11)18-5-2/h6-9,12H,4-5,10H2,1-3H3,(H,15,16). The second kappa shape index (κ2) is 7.71. The Balaban J connectivity index is 2.60. The quantitative estimate of drug-likeness (QED) is 0.808. The molecule has 1 aromatic rings. The highest BCUT2D eigenvalue weighted by molar-refractivity contribution is 5.94. The third-order valence-corrected chi connectivity index (χ3v) is 2.62. The molecule has 1 N–H and O–H groups in total. The van der Waals surface area contributed by atoms with Gasteiger partial charge in [0.1, 0.15) is 5.75 Å². The molecule has 1 aromatic carbocycles. The fourth-order valence-electron chi connectivity index (χ4n) is 1.60. The first kappa shape index (κ1) is 14.5. The van der Waals surface area contributed by atoms with Crippen molar-refractivity contribution in [2.24, 2.45) is 0 Å². The van der Waals surface area contributed by atoms with E-state index in [1.54, 1.807) is 31.4 Å². The van der Waals surface area contributed by atoms with Gasteiger partial charge in [0.2, 0.25) is 0 Å². The molecule has 4 heteroatoms. The first-order valence-corrected chi connectivity index (χ1v) is 6.23. The number of amides is 1. The molecule has 0 saturated carbocycles. The third-order valence-electron chi connectivity index (χ3n) is 2.62. The minimum atomic E-state index is -0.0815. The van der Waals surface area contributed by atoms with Crippen molar-refractivity contribution < 1.29 is 14.3 Å². The highest BCUT2D eigenvalue weighted by Gasteiger charge is 2.11. The van der Waals surface area contributed by atoms with Crippen LogP contribution in [0.5, 0.6) is 5.75 Å². The predicted octanol–water partition coefficient (Wildman–Crippen LogP) is 2.24. The molecule has 0 fully saturated rings. The van der Waals surface area contributed by atoms with Gasteiger partial charge in [0.25, 0.3) is 5.91 Å². The monoisotopic (exact) mass is 251 g/mol. The van der Waals surface area contributed by atoms with Gasteiger partial charge in [0.05, 0.1) is 19.3 Å². The number of nitrogens with one attached hydrogen (secondary N) is 1. The lowest BCUT2D eigenvalue weighted by atomic mass is 10.1. The highest BCUT2D eigenvalue weighted by Crippen LogP contribution is 2.12. The lowest BCUT2D eigenvalue weighted by Crippen LogP contribution is -2.37. The number of benzene rings is 1. The Bertz CT molecular complexity index is 362. The van der Waals surface area contributed by atoms with E-state index >= 15 is 0 Å². The number of carbonyl (C=O) groups is 1. The molecule has 0 aliphatic carbocycles. The molecule has 1 rings (SSSR count). The van der Waals surface area contributed by atoms with Gasteiger partial charge in [-0.15, -0.1) is 0 Å². The average Bonchev–Trinajstić information content (AvgIpc) is 2.39. The first-order chi connectivity index (χ1) is 8.71. The summed E-state index contributed by atoms with van der Waals surface area (Å²) in [5.74, 6) is 0.694. The smallest absolute Gasteiger partial charge is 0.251 e. The van der Waals surface area contributed by atoms with Crippen LogP contribution in [0.3, 0.4) is 0 Å². The van der Waals surface area contributed by atoms with Gasteiger partial charge in [0, 0.05) is 12.7 Å². The minimum absolute atomic E-state index is 0.0501. The fourth-order valence-corrected chi connectivity index (χ4v) is 1.60. The third kappa shape index (κ3) is 4.37. The van der Waals surface area contributed by atoms with Crippen LogP contribution in [0.4, 0.5) is 0 Å². The van der Waals surface area contributed by atoms with Crippen LogP contribution in [0.25, 0.3) is 0 Å². The van der Waals surface area contributed by atoms with Gasteiger partial charge in [-0.2, -0.15) is 0 Å². The summed E-state index contributed by atoms with van der Waals surface area (Å²) in [7, 11) is 1.63. The Morgan fingerprint density at radius 2 is 1.94 bits per heavy atom. The summed E-state index contributed by atoms with van der Waals surface area (Å²) in [5.41, 5.74) is 0.632. The summed E-state index contributed by atoms with van der Waals surface area (Å²) >= 11 is 0. The van der Waals surface area contributed by atoms with E-state index in [1.807, 2.05) is 13.8 Å². The van der Waals surface area contributed by atoms with E-state index in [-0.39, 0.29) is 11.9 Å². The van der Waals surface area contributed by atoms with Crippen molar-refractivity contribution in [2.75, 3.05) is 20.3 Å². The zero-order chi connectivity index (χ0) is 13.4. The summed E-state index contributed by atoms with van der Waals surface area (Å²) in [4.78, 5) is 12.0. The maximum absolute atomic E-state index is 12.0. The van der Waals surface area contributed by atoms with Crippen molar-refractivity contribution in [3.8, 4) is 5.75 Å². The van der Waals surface area contributed by atoms with Gasteiger partial charge in [-0.25, -0.2) is 0 Å². The molecular weight excluding hydrogens is 230 g/mol. The number of ether oxygens (including phenoxy) is 2. The van der Waals surface area contributed by atoms with Crippen LogP contribution in [0.2, 0.25) is 0 Å². The molecule has 1 amide bonds. The average molecular weight is 251 g/mol. The van der Waals surface area contributed by atoms with Crippen molar-refractivity contribution >= 4 is 5.91 Å². The molecule has 0 spiro atoms. The summed E-state index contributed by atoms with van der Waals surface area (Å²) in [6.45, 7) is 5.09. The maximum atomic E-state index is 12.0. The molecule has 1 atom stereocenters. The van der Waals surface area contributed by atoms with Gasteiger partial charge in [-0.3, -0.25) is 4.79 Å². The van der Waals surface area contributed by atoms with E-state index in [4.69, 9.17) is 9.47 Å². The van der Waals surface area contributed by atoms with E-state index in [2.05, 4.69) is 5.32 Å². The fraction of sp³-hybridized carbons (Fsp3) is 0.500. The molecular formula is C14H21NO3. The zero-order valence-electron chi connectivity index (χ0n) is 11.2. The second-order valence-corrected chi connectivity index (χ2v) is 3.99. The van der Waals surface area contributed by atoms with Crippen LogP contribution < -0.4 is 10.1 Å². The molecule has 0 aliphatic heterocycles. The van der Waals surface area contributed by atoms with Crippen LogP contribution in [0.1, 0.15) is 30.6 Å². The van der Waals surface area contributed by atoms with Crippen LogP contribution in [-0.2, 0) is 4.74 Å². The lowest BCUT2D eigenvalue weighted by molar-refractivity contribution is 0.0894. The maximum Gasteiger partial charge on any atom is 0.251 e. The first-order valence-electron chi connectivity index (χ1n) is 6.23. The van der Waals surface area contributed by atoms with Crippen molar-refractivity contribution in [1.82, 2.24) is 5.32 Å². The van der Waals surface area contributed by atoms with Gasteiger partial charge in [-0.05, 0) is 37.6 Å². The molecule has 4 nitrogen and oxygen atoms in total. The summed E-state index contributed by atoms with van der Waals surface area (Å²) < 4.78 is 10.4. The van der Waals surface area contributed by atoms with E-state index in [9.17, 15) is 4.79 Å². The molecule has 1 unspecified atom stereocenters. The molecule has 0 radical (unpaired) electrons. The number of rotatable bonds is 7. The summed E-state index contributed by atoms with van der Waals surface area (Å²) in [5, 5.41) is 2.93. The normalized spacial score (nSPS) is 11.9. The van der Waals surface area contributed by atoms with Crippen LogP contribution in [0.15, 0.2) is 24.3 Å². The largest absolute Gasteiger partial charge is 0.494 e. The number of hydrogen-bond donors (Lipinski definition) is 1. The topological polar surface area (TPSA) is 47.6 Å². The van der Waals surface area contributed by atoms with Crippen molar-refractivity contribution in [2.45, 2.75) is 26.3 Å². The van der Waals surface area contributed by atoms with Gasteiger partial charge in [0.15, 0.2) is 0 Å².